The molecule has 0 saturated carbocycles. The van der Waals surface area contributed by atoms with Crippen molar-refractivity contribution in [1.82, 2.24) is 0 Å². The summed E-state index contributed by atoms with van der Waals surface area (Å²) in [6, 6.07) is 9.23. The molecule has 0 unspecified atom stereocenters. The quantitative estimate of drug-likeness (QED) is 0.762. The fraction of sp³-hybridized carbons (Fsp3) is 0.188. The molecule has 3 nitrogen and oxygen atoms in total. The Kier molecular flexibility index (Phi) is 4.96. The van der Waals surface area contributed by atoms with Gasteiger partial charge in [-0.05, 0) is 39.7 Å². The van der Waals surface area contributed by atoms with Crippen molar-refractivity contribution >= 4 is 21.7 Å². The van der Waals surface area contributed by atoms with E-state index in [1.165, 1.54) is 19.2 Å². The van der Waals surface area contributed by atoms with Crippen LogP contribution in [0.3, 0.4) is 0 Å². The van der Waals surface area contributed by atoms with Crippen LogP contribution in [0.4, 0.5) is 4.39 Å². The van der Waals surface area contributed by atoms with Crippen molar-refractivity contribution in [3.8, 4) is 11.5 Å². The first-order valence-electron chi connectivity index (χ1n) is 6.24. The summed E-state index contributed by atoms with van der Waals surface area (Å²) >= 11 is 3.36. The van der Waals surface area contributed by atoms with Gasteiger partial charge in [0.05, 0.1) is 19.8 Å². The number of carbonyl (C=O) groups is 1. The first kappa shape index (κ1) is 15.5. The number of hydrogen-bond donors (Lipinski definition) is 0. The van der Waals surface area contributed by atoms with Gasteiger partial charge in [-0.1, -0.05) is 12.1 Å². The van der Waals surface area contributed by atoms with Crippen molar-refractivity contribution in [2.75, 3.05) is 14.2 Å². The highest BCUT2D eigenvalue weighted by Crippen LogP contribution is 2.33. The first-order chi connectivity index (χ1) is 10.0. The van der Waals surface area contributed by atoms with E-state index in [0.29, 0.717) is 21.5 Å². The van der Waals surface area contributed by atoms with Crippen LogP contribution in [0.15, 0.2) is 40.9 Å². The Morgan fingerprint density at radius 2 is 1.81 bits per heavy atom. The van der Waals surface area contributed by atoms with Crippen LogP contribution >= 0.6 is 15.9 Å². The van der Waals surface area contributed by atoms with E-state index in [0.717, 1.165) is 5.56 Å². The normalized spacial score (nSPS) is 10.3. The Bertz CT molecular complexity index is 653. The van der Waals surface area contributed by atoms with Gasteiger partial charge in [-0.2, -0.15) is 0 Å². The van der Waals surface area contributed by atoms with Crippen molar-refractivity contribution in [2.24, 2.45) is 0 Å². The Balaban J connectivity index is 2.32. The Hall–Kier alpha value is -1.88. The summed E-state index contributed by atoms with van der Waals surface area (Å²) < 4.78 is 23.9. The van der Waals surface area contributed by atoms with Gasteiger partial charge in [0.1, 0.15) is 17.3 Å². The van der Waals surface area contributed by atoms with E-state index >= 15 is 0 Å². The molecule has 2 aromatic rings. The van der Waals surface area contributed by atoms with E-state index in [9.17, 15) is 9.18 Å². The predicted molar refractivity (Wildman–Crippen MR) is 81.7 cm³/mol. The lowest BCUT2D eigenvalue weighted by molar-refractivity contribution is 0.0989. The van der Waals surface area contributed by atoms with Crippen molar-refractivity contribution < 1.29 is 18.7 Å². The lowest BCUT2D eigenvalue weighted by Crippen LogP contribution is -2.07. The molecule has 0 aliphatic carbocycles. The third kappa shape index (κ3) is 3.61. The molecule has 0 saturated heterocycles. The van der Waals surface area contributed by atoms with E-state index in [1.54, 1.807) is 31.4 Å². The number of ether oxygens (including phenoxy) is 2. The molecule has 0 bridgehead atoms. The third-order valence-electron chi connectivity index (χ3n) is 3.04. The molecule has 0 aromatic heterocycles. The summed E-state index contributed by atoms with van der Waals surface area (Å²) in [6.07, 6.45) is 0.168. The Morgan fingerprint density at radius 1 is 1.14 bits per heavy atom. The van der Waals surface area contributed by atoms with Gasteiger partial charge in [0, 0.05) is 17.0 Å². The number of methoxy groups -OCH3 is 2. The smallest absolute Gasteiger partial charge is 0.172 e. The number of halogens is 2. The Morgan fingerprint density at radius 3 is 2.38 bits per heavy atom. The fourth-order valence-electron chi connectivity index (χ4n) is 1.98. The molecule has 0 radical (unpaired) electrons. The third-order valence-corrected chi connectivity index (χ3v) is 3.67. The molecule has 0 spiro atoms. The lowest BCUT2D eigenvalue weighted by Gasteiger charge is -2.12. The Labute approximate surface area is 130 Å². The van der Waals surface area contributed by atoms with Gasteiger partial charge in [0.2, 0.25) is 0 Å². The van der Waals surface area contributed by atoms with Gasteiger partial charge in [-0.25, -0.2) is 4.39 Å². The molecule has 0 fully saturated rings. The average molecular weight is 353 g/mol. The summed E-state index contributed by atoms with van der Waals surface area (Å²) in [5, 5.41) is 0. The summed E-state index contributed by atoms with van der Waals surface area (Å²) in [7, 11) is 3.04. The van der Waals surface area contributed by atoms with E-state index < -0.39 is 0 Å². The number of benzene rings is 2. The zero-order chi connectivity index (χ0) is 15.4. The molecular formula is C16H14BrFO3. The summed E-state index contributed by atoms with van der Waals surface area (Å²) in [5.74, 6) is 0.591. The van der Waals surface area contributed by atoms with Crippen molar-refractivity contribution in [2.45, 2.75) is 6.42 Å². The molecule has 21 heavy (non-hydrogen) atoms. The maximum atomic E-state index is 12.9. The number of rotatable bonds is 5. The van der Waals surface area contributed by atoms with E-state index in [1.807, 2.05) is 0 Å². The second kappa shape index (κ2) is 6.72. The van der Waals surface area contributed by atoms with E-state index in [2.05, 4.69) is 15.9 Å². The molecule has 110 valence electrons. The maximum absolute atomic E-state index is 12.9. The number of Topliss-reactive ketones (excluding diaryl/α,β-unsaturated/α-hetero) is 1. The molecule has 0 aliphatic heterocycles. The highest BCUT2D eigenvalue weighted by atomic mass is 79.9. The zero-order valence-corrected chi connectivity index (χ0v) is 13.2. The van der Waals surface area contributed by atoms with Crippen molar-refractivity contribution in [3.63, 3.8) is 0 Å². The van der Waals surface area contributed by atoms with Crippen LogP contribution in [0, 0.1) is 5.82 Å². The summed E-state index contributed by atoms with van der Waals surface area (Å²) in [5.41, 5.74) is 1.19. The standard InChI is InChI=1S/C16H14BrFO3/c1-20-12-8-13(17)16(15(9-12)21-2)14(19)7-10-3-5-11(18)6-4-10/h3-6,8-9H,7H2,1-2H3. The highest BCUT2D eigenvalue weighted by Gasteiger charge is 2.18. The number of ketones is 1. The zero-order valence-electron chi connectivity index (χ0n) is 11.7. The molecule has 5 heteroatoms. The van der Waals surface area contributed by atoms with Crippen molar-refractivity contribution in [3.05, 3.63) is 57.8 Å². The molecule has 2 aromatic carbocycles. The average Bonchev–Trinajstić information content (AvgIpc) is 2.48. The van der Waals surface area contributed by atoms with Gasteiger partial charge in [0.15, 0.2) is 5.78 Å². The fourth-order valence-corrected chi connectivity index (χ4v) is 2.63. The van der Waals surface area contributed by atoms with Gasteiger partial charge < -0.3 is 9.47 Å². The minimum atomic E-state index is -0.325. The second-order valence-corrected chi connectivity index (χ2v) is 5.27. The largest absolute Gasteiger partial charge is 0.497 e. The molecule has 0 heterocycles. The van der Waals surface area contributed by atoms with Crippen LogP contribution in [-0.2, 0) is 6.42 Å². The van der Waals surface area contributed by atoms with Crippen LogP contribution in [0.2, 0.25) is 0 Å². The molecule has 0 aliphatic rings. The summed E-state index contributed by atoms with van der Waals surface area (Å²) in [4.78, 5) is 12.5. The minimum absolute atomic E-state index is 0.118. The van der Waals surface area contributed by atoms with Crippen molar-refractivity contribution in [1.29, 1.82) is 0 Å². The molecule has 0 amide bonds. The predicted octanol–water partition coefficient (Wildman–Crippen LogP) is 4.03. The van der Waals surface area contributed by atoms with Crippen LogP contribution < -0.4 is 9.47 Å². The topological polar surface area (TPSA) is 35.5 Å². The number of hydrogen-bond acceptors (Lipinski definition) is 3. The van der Waals surface area contributed by atoms with Gasteiger partial charge in [-0.3, -0.25) is 4.79 Å². The minimum Gasteiger partial charge on any atom is -0.497 e. The molecule has 0 N–H and O–H groups in total. The number of carbonyl (C=O) groups excluding carboxylic acids is 1. The van der Waals surface area contributed by atoms with Crippen LogP contribution in [-0.4, -0.2) is 20.0 Å². The van der Waals surface area contributed by atoms with Crippen LogP contribution in [0.1, 0.15) is 15.9 Å². The molecular weight excluding hydrogens is 339 g/mol. The first-order valence-corrected chi connectivity index (χ1v) is 7.03. The maximum Gasteiger partial charge on any atom is 0.172 e. The van der Waals surface area contributed by atoms with E-state index in [-0.39, 0.29) is 18.0 Å². The van der Waals surface area contributed by atoms with Gasteiger partial charge >= 0.3 is 0 Å². The highest BCUT2D eigenvalue weighted by molar-refractivity contribution is 9.10. The summed E-state index contributed by atoms with van der Waals surface area (Å²) in [6.45, 7) is 0. The van der Waals surface area contributed by atoms with E-state index in [4.69, 9.17) is 9.47 Å². The van der Waals surface area contributed by atoms with Crippen LogP contribution in [0.5, 0.6) is 11.5 Å². The van der Waals surface area contributed by atoms with Gasteiger partial charge in [0.25, 0.3) is 0 Å². The van der Waals surface area contributed by atoms with Crippen LogP contribution in [0.25, 0.3) is 0 Å². The second-order valence-electron chi connectivity index (χ2n) is 4.41. The molecule has 2 rings (SSSR count). The van der Waals surface area contributed by atoms with Gasteiger partial charge in [-0.15, -0.1) is 0 Å². The SMILES string of the molecule is COc1cc(Br)c(C(=O)Cc2ccc(F)cc2)c(OC)c1. The lowest BCUT2D eigenvalue weighted by atomic mass is 10.0. The molecule has 0 atom stereocenters. The monoisotopic (exact) mass is 352 g/mol.